The second-order valence-corrected chi connectivity index (χ2v) is 6.45. The molecular weight excluding hydrogens is 286 g/mol. The number of hydrogen-bond acceptors (Lipinski definition) is 3. The Balaban J connectivity index is 1.83. The third-order valence-electron chi connectivity index (χ3n) is 4.33. The van der Waals surface area contributed by atoms with Crippen molar-refractivity contribution in [2.45, 2.75) is 39.2 Å². The minimum absolute atomic E-state index is 0.00570. The molecule has 1 unspecified atom stereocenters. The summed E-state index contributed by atoms with van der Waals surface area (Å²) in [6, 6.07) is 12.1. The van der Waals surface area contributed by atoms with Crippen molar-refractivity contribution in [3.8, 4) is 0 Å². The lowest BCUT2D eigenvalue weighted by atomic mass is 9.87. The molecule has 0 spiro atoms. The summed E-state index contributed by atoms with van der Waals surface area (Å²) in [5.41, 5.74) is 4.55. The Morgan fingerprint density at radius 1 is 1.30 bits per heavy atom. The van der Waals surface area contributed by atoms with Gasteiger partial charge in [0.15, 0.2) is 0 Å². The summed E-state index contributed by atoms with van der Waals surface area (Å²) < 4.78 is 0. The van der Waals surface area contributed by atoms with Crippen LogP contribution in [0.15, 0.2) is 36.4 Å². The summed E-state index contributed by atoms with van der Waals surface area (Å²) >= 11 is 0. The first-order chi connectivity index (χ1) is 11.0. The lowest BCUT2D eigenvalue weighted by molar-refractivity contribution is -0.117. The van der Waals surface area contributed by atoms with E-state index in [1.54, 1.807) is 0 Å². The van der Waals surface area contributed by atoms with Crippen molar-refractivity contribution in [3.05, 3.63) is 58.8 Å². The average Bonchev–Trinajstić information content (AvgIpc) is 2.53. The third kappa shape index (κ3) is 3.42. The second-order valence-electron chi connectivity index (χ2n) is 6.45. The molecule has 0 aliphatic carbocycles. The highest BCUT2D eigenvalue weighted by molar-refractivity contribution is 5.95. The highest BCUT2D eigenvalue weighted by atomic mass is 16.2. The van der Waals surface area contributed by atoms with Gasteiger partial charge < -0.3 is 10.6 Å². The summed E-state index contributed by atoms with van der Waals surface area (Å²) in [5.74, 6) is 0.919. The molecule has 1 amide bonds. The Hall–Kier alpha value is -2.20. The number of nitrogens with zero attached hydrogens (tertiary/aromatic N) is 1. The van der Waals surface area contributed by atoms with E-state index in [-0.39, 0.29) is 11.8 Å². The summed E-state index contributed by atoms with van der Waals surface area (Å²) in [4.78, 5) is 17.0. The first-order valence-electron chi connectivity index (χ1n) is 8.12. The van der Waals surface area contributed by atoms with Gasteiger partial charge in [-0.25, -0.2) is 4.98 Å². The number of rotatable bonds is 3. The fraction of sp³-hybridized carbons (Fsp3) is 0.368. The van der Waals surface area contributed by atoms with Crippen molar-refractivity contribution in [2.24, 2.45) is 0 Å². The number of aryl methyl sites for hydroxylation is 1. The molecule has 0 radical (unpaired) electrons. The minimum atomic E-state index is -0.178. The smallest absolute Gasteiger partial charge is 0.234 e. The number of hydrogen-bond donors (Lipinski definition) is 2. The second kappa shape index (κ2) is 6.50. The fourth-order valence-electron chi connectivity index (χ4n) is 3.00. The quantitative estimate of drug-likeness (QED) is 0.914. The predicted octanol–water partition coefficient (Wildman–Crippen LogP) is 3.34. The maximum atomic E-state index is 12.7. The molecule has 2 N–H and O–H groups in total. The Morgan fingerprint density at radius 3 is 2.87 bits per heavy atom. The number of pyridine rings is 1. The Morgan fingerprint density at radius 2 is 2.13 bits per heavy atom. The van der Waals surface area contributed by atoms with Crippen LogP contribution in [0.5, 0.6) is 0 Å². The van der Waals surface area contributed by atoms with Gasteiger partial charge in [0.05, 0.1) is 5.92 Å². The van der Waals surface area contributed by atoms with Crippen LogP contribution in [0, 0.1) is 6.92 Å². The Bertz CT molecular complexity index is 724. The number of carbonyl (C=O) groups is 1. The minimum Gasteiger partial charge on any atom is -0.312 e. The standard InChI is InChI=1S/C19H23N3O/c1-12(2)14-7-8-16-15(9-14)10-20-11-17(16)19(23)22-18-6-4-5-13(3)21-18/h4-9,12,17,20H,10-11H2,1-3H3,(H,21,22,23). The van der Waals surface area contributed by atoms with Crippen molar-refractivity contribution < 1.29 is 4.79 Å². The zero-order valence-corrected chi connectivity index (χ0v) is 13.9. The molecule has 1 aliphatic heterocycles. The van der Waals surface area contributed by atoms with Gasteiger partial charge in [-0.05, 0) is 41.7 Å². The molecule has 2 aromatic rings. The van der Waals surface area contributed by atoms with Gasteiger partial charge in [0, 0.05) is 18.8 Å². The lowest BCUT2D eigenvalue weighted by Gasteiger charge is -2.26. The van der Waals surface area contributed by atoms with Gasteiger partial charge in [0.25, 0.3) is 0 Å². The summed E-state index contributed by atoms with van der Waals surface area (Å²) in [5, 5.41) is 6.29. The molecule has 1 aliphatic rings. The molecule has 1 aromatic carbocycles. The summed E-state index contributed by atoms with van der Waals surface area (Å²) in [7, 11) is 0. The number of nitrogens with one attached hydrogen (secondary N) is 2. The van der Waals surface area contributed by atoms with E-state index in [9.17, 15) is 4.79 Å². The summed E-state index contributed by atoms with van der Waals surface area (Å²) in [6.45, 7) is 7.77. The average molecular weight is 309 g/mol. The highest BCUT2D eigenvalue weighted by Gasteiger charge is 2.27. The van der Waals surface area contributed by atoms with Crippen LogP contribution in [0.2, 0.25) is 0 Å². The van der Waals surface area contributed by atoms with Crippen LogP contribution in [0.4, 0.5) is 5.82 Å². The monoisotopic (exact) mass is 309 g/mol. The SMILES string of the molecule is Cc1cccc(NC(=O)C2CNCc3cc(C(C)C)ccc32)n1. The number of carbonyl (C=O) groups excluding carboxylic acids is 1. The highest BCUT2D eigenvalue weighted by Crippen LogP contribution is 2.28. The number of benzene rings is 1. The molecule has 23 heavy (non-hydrogen) atoms. The van der Waals surface area contributed by atoms with E-state index < -0.39 is 0 Å². The van der Waals surface area contributed by atoms with Crippen molar-refractivity contribution >= 4 is 11.7 Å². The molecule has 4 nitrogen and oxygen atoms in total. The van der Waals surface area contributed by atoms with Crippen molar-refractivity contribution in [1.82, 2.24) is 10.3 Å². The van der Waals surface area contributed by atoms with Gasteiger partial charge in [0.1, 0.15) is 5.82 Å². The number of amides is 1. The molecule has 0 fully saturated rings. The van der Waals surface area contributed by atoms with Crippen LogP contribution in [0.25, 0.3) is 0 Å². The predicted molar refractivity (Wildman–Crippen MR) is 92.6 cm³/mol. The van der Waals surface area contributed by atoms with Crippen LogP contribution in [-0.2, 0) is 11.3 Å². The maximum Gasteiger partial charge on any atom is 0.234 e. The van der Waals surface area contributed by atoms with Gasteiger partial charge in [-0.3, -0.25) is 4.79 Å². The largest absolute Gasteiger partial charge is 0.312 e. The van der Waals surface area contributed by atoms with Crippen molar-refractivity contribution in [2.75, 3.05) is 11.9 Å². The molecule has 2 heterocycles. The molecule has 1 aromatic heterocycles. The van der Waals surface area contributed by atoms with Gasteiger partial charge in [0.2, 0.25) is 5.91 Å². The molecule has 0 bridgehead atoms. The van der Waals surface area contributed by atoms with E-state index in [1.807, 2.05) is 25.1 Å². The zero-order valence-electron chi connectivity index (χ0n) is 13.9. The van der Waals surface area contributed by atoms with E-state index in [2.05, 4.69) is 47.7 Å². The molecule has 120 valence electrons. The normalized spacial score (nSPS) is 17.0. The first-order valence-corrected chi connectivity index (χ1v) is 8.12. The molecule has 0 saturated carbocycles. The Kier molecular flexibility index (Phi) is 4.44. The zero-order chi connectivity index (χ0) is 16.4. The first kappa shape index (κ1) is 15.7. The van der Waals surface area contributed by atoms with Crippen LogP contribution < -0.4 is 10.6 Å². The van der Waals surface area contributed by atoms with E-state index in [0.29, 0.717) is 18.3 Å². The van der Waals surface area contributed by atoms with Crippen LogP contribution in [-0.4, -0.2) is 17.4 Å². The van der Waals surface area contributed by atoms with Gasteiger partial charge in [-0.15, -0.1) is 0 Å². The van der Waals surface area contributed by atoms with E-state index >= 15 is 0 Å². The lowest BCUT2D eigenvalue weighted by Crippen LogP contribution is -2.35. The van der Waals surface area contributed by atoms with Crippen molar-refractivity contribution in [1.29, 1.82) is 0 Å². The molecule has 4 heteroatoms. The molecule has 3 rings (SSSR count). The number of aromatic nitrogens is 1. The van der Waals surface area contributed by atoms with Gasteiger partial charge >= 0.3 is 0 Å². The molecule has 1 atom stereocenters. The van der Waals surface area contributed by atoms with E-state index in [4.69, 9.17) is 0 Å². The van der Waals surface area contributed by atoms with Crippen molar-refractivity contribution in [3.63, 3.8) is 0 Å². The van der Waals surface area contributed by atoms with Crippen LogP contribution >= 0.6 is 0 Å². The molecule has 0 saturated heterocycles. The Labute approximate surface area is 137 Å². The number of anilines is 1. The van der Waals surface area contributed by atoms with Gasteiger partial charge in [-0.2, -0.15) is 0 Å². The third-order valence-corrected chi connectivity index (χ3v) is 4.33. The van der Waals surface area contributed by atoms with E-state index in [1.165, 1.54) is 11.1 Å². The van der Waals surface area contributed by atoms with Crippen LogP contribution in [0.1, 0.15) is 48.1 Å². The number of fused-ring (bicyclic) bond motifs is 1. The maximum absolute atomic E-state index is 12.7. The van der Waals surface area contributed by atoms with Crippen LogP contribution in [0.3, 0.4) is 0 Å². The van der Waals surface area contributed by atoms with E-state index in [0.717, 1.165) is 17.8 Å². The molecular formula is C19H23N3O. The topological polar surface area (TPSA) is 54.0 Å². The fourth-order valence-corrected chi connectivity index (χ4v) is 3.00. The summed E-state index contributed by atoms with van der Waals surface area (Å²) in [6.07, 6.45) is 0. The van der Waals surface area contributed by atoms with Gasteiger partial charge in [-0.1, -0.05) is 38.1 Å².